The molecule has 1 aliphatic rings. The fourth-order valence-electron chi connectivity index (χ4n) is 1.77. The van der Waals surface area contributed by atoms with E-state index in [2.05, 4.69) is 31.9 Å². The van der Waals surface area contributed by atoms with Crippen LogP contribution in [0.3, 0.4) is 0 Å². The highest BCUT2D eigenvalue weighted by molar-refractivity contribution is 9.11. The third kappa shape index (κ3) is 4.53. The van der Waals surface area contributed by atoms with Gasteiger partial charge in [-0.3, -0.25) is 0 Å². The summed E-state index contributed by atoms with van der Waals surface area (Å²) in [5.74, 6) is 0.825. The Morgan fingerprint density at radius 3 is 2.83 bits per heavy atom. The van der Waals surface area contributed by atoms with Crippen LogP contribution in [0.25, 0.3) is 0 Å². The summed E-state index contributed by atoms with van der Waals surface area (Å²) in [6.07, 6.45) is 3.27. The Labute approximate surface area is 124 Å². The van der Waals surface area contributed by atoms with Crippen LogP contribution in [-0.4, -0.2) is 26.1 Å². The minimum atomic E-state index is -0.0456. The van der Waals surface area contributed by atoms with Gasteiger partial charge < -0.3 is 14.2 Å². The average Bonchev–Trinajstić information content (AvgIpc) is 2.38. The molecule has 1 saturated heterocycles. The fourth-order valence-corrected chi connectivity index (χ4v) is 2.93. The molecule has 1 aromatic carbocycles. The van der Waals surface area contributed by atoms with Crippen molar-refractivity contribution in [1.82, 2.24) is 0 Å². The van der Waals surface area contributed by atoms with Crippen molar-refractivity contribution in [3.63, 3.8) is 0 Å². The second-order valence-electron chi connectivity index (χ2n) is 4.09. The van der Waals surface area contributed by atoms with Gasteiger partial charge in [0.15, 0.2) is 6.29 Å². The van der Waals surface area contributed by atoms with E-state index in [4.69, 9.17) is 14.2 Å². The summed E-state index contributed by atoms with van der Waals surface area (Å²) in [4.78, 5) is 0. The summed E-state index contributed by atoms with van der Waals surface area (Å²) < 4.78 is 18.7. The molecule has 1 atom stereocenters. The molecule has 0 N–H and O–H groups in total. The number of hydrogen-bond acceptors (Lipinski definition) is 3. The molecule has 1 unspecified atom stereocenters. The van der Waals surface area contributed by atoms with Crippen LogP contribution in [0.5, 0.6) is 5.75 Å². The maximum Gasteiger partial charge on any atom is 0.157 e. The van der Waals surface area contributed by atoms with E-state index in [1.165, 1.54) is 6.42 Å². The van der Waals surface area contributed by atoms with Crippen molar-refractivity contribution >= 4 is 31.9 Å². The summed E-state index contributed by atoms with van der Waals surface area (Å²) in [6.45, 7) is 1.89. The average molecular weight is 380 g/mol. The molecule has 0 amide bonds. The second-order valence-corrected chi connectivity index (χ2v) is 5.86. The zero-order valence-corrected chi connectivity index (χ0v) is 13.2. The fraction of sp³-hybridized carbons (Fsp3) is 0.538. The molecule has 0 spiro atoms. The minimum Gasteiger partial charge on any atom is -0.490 e. The first kappa shape index (κ1) is 14.3. The summed E-state index contributed by atoms with van der Waals surface area (Å²) in [5.41, 5.74) is 0. The first-order chi connectivity index (χ1) is 8.75. The summed E-state index contributed by atoms with van der Waals surface area (Å²) in [7, 11) is 0. The molecule has 1 fully saturated rings. The molecule has 0 bridgehead atoms. The van der Waals surface area contributed by atoms with Gasteiger partial charge in [0.1, 0.15) is 12.4 Å². The van der Waals surface area contributed by atoms with E-state index in [0.717, 1.165) is 34.1 Å². The highest BCUT2D eigenvalue weighted by Gasteiger charge is 2.13. The number of ether oxygens (including phenoxy) is 3. The predicted molar refractivity (Wildman–Crippen MR) is 76.9 cm³/mol. The van der Waals surface area contributed by atoms with Crippen LogP contribution in [0, 0.1) is 0 Å². The SMILES string of the molecule is Brc1ccc(OCCOC2CCCCO2)c(Br)c1. The normalized spacial score (nSPS) is 19.8. The third-order valence-corrected chi connectivity index (χ3v) is 3.79. The van der Waals surface area contributed by atoms with Gasteiger partial charge in [-0.1, -0.05) is 15.9 Å². The summed E-state index contributed by atoms with van der Waals surface area (Å²) in [5, 5.41) is 0. The van der Waals surface area contributed by atoms with Gasteiger partial charge in [0.05, 0.1) is 11.1 Å². The molecule has 1 aliphatic heterocycles. The third-order valence-electron chi connectivity index (χ3n) is 2.68. The molecule has 18 heavy (non-hydrogen) atoms. The van der Waals surface area contributed by atoms with Gasteiger partial charge in [0.25, 0.3) is 0 Å². The molecule has 100 valence electrons. The standard InChI is InChI=1S/C13H16Br2O3/c14-10-4-5-12(11(15)9-10)16-7-8-18-13-3-1-2-6-17-13/h4-5,9,13H,1-3,6-8H2. The molecule has 0 radical (unpaired) electrons. The molecule has 1 aromatic rings. The molecule has 1 heterocycles. The van der Waals surface area contributed by atoms with Crippen molar-refractivity contribution in [2.24, 2.45) is 0 Å². The van der Waals surface area contributed by atoms with Crippen molar-refractivity contribution in [1.29, 1.82) is 0 Å². The monoisotopic (exact) mass is 378 g/mol. The highest BCUT2D eigenvalue weighted by Crippen LogP contribution is 2.28. The molecule has 0 aromatic heterocycles. The van der Waals surface area contributed by atoms with Crippen LogP contribution in [0.15, 0.2) is 27.1 Å². The lowest BCUT2D eigenvalue weighted by molar-refractivity contribution is -0.165. The van der Waals surface area contributed by atoms with Crippen LogP contribution in [0.1, 0.15) is 19.3 Å². The topological polar surface area (TPSA) is 27.7 Å². The first-order valence-corrected chi connectivity index (χ1v) is 7.65. The lowest BCUT2D eigenvalue weighted by atomic mass is 10.2. The zero-order valence-electron chi connectivity index (χ0n) is 10.0. The Hall–Kier alpha value is -0.100. The van der Waals surface area contributed by atoms with Crippen LogP contribution >= 0.6 is 31.9 Å². The van der Waals surface area contributed by atoms with Gasteiger partial charge >= 0.3 is 0 Å². The van der Waals surface area contributed by atoms with Crippen LogP contribution < -0.4 is 4.74 Å². The molecule has 5 heteroatoms. The van der Waals surface area contributed by atoms with E-state index in [1.807, 2.05) is 18.2 Å². The van der Waals surface area contributed by atoms with E-state index in [9.17, 15) is 0 Å². The maximum atomic E-state index is 5.63. The van der Waals surface area contributed by atoms with Gasteiger partial charge in [0, 0.05) is 11.1 Å². The Kier molecular flexibility index (Phi) is 5.95. The Morgan fingerprint density at radius 1 is 1.22 bits per heavy atom. The van der Waals surface area contributed by atoms with Crippen LogP contribution in [-0.2, 0) is 9.47 Å². The molecule has 0 aliphatic carbocycles. The van der Waals surface area contributed by atoms with Gasteiger partial charge in [-0.05, 0) is 53.4 Å². The van der Waals surface area contributed by atoms with E-state index in [-0.39, 0.29) is 6.29 Å². The molecule has 0 saturated carbocycles. The number of halogens is 2. The van der Waals surface area contributed by atoms with Crippen molar-refractivity contribution < 1.29 is 14.2 Å². The Morgan fingerprint density at radius 2 is 2.11 bits per heavy atom. The molecule has 2 rings (SSSR count). The smallest absolute Gasteiger partial charge is 0.157 e. The first-order valence-electron chi connectivity index (χ1n) is 6.07. The van der Waals surface area contributed by atoms with Gasteiger partial charge in [0.2, 0.25) is 0 Å². The zero-order chi connectivity index (χ0) is 12.8. The molecular formula is C13H16Br2O3. The van der Waals surface area contributed by atoms with E-state index < -0.39 is 0 Å². The number of hydrogen-bond donors (Lipinski definition) is 0. The van der Waals surface area contributed by atoms with Crippen molar-refractivity contribution in [2.75, 3.05) is 19.8 Å². The Balaban J connectivity index is 1.68. The van der Waals surface area contributed by atoms with E-state index in [0.29, 0.717) is 13.2 Å². The lowest BCUT2D eigenvalue weighted by Gasteiger charge is -2.22. The largest absolute Gasteiger partial charge is 0.490 e. The van der Waals surface area contributed by atoms with E-state index in [1.54, 1.807) is 0 Å². The van der Waals surface area contributed by atoms with Crippen molar-refractivity contribution in [3.8, 4) is 5.75 Å². The van der Waals surface area contributed by atoms with Crippen molar-refractivity contribution in [3.05, 3.63) is 27.1 Å². The van der Waals surface area contributed by atoms with Crippen LogP contribution in [0.2, 0.25) is 0 Å². The quantitative estimate of drug-likeness (QED) is 0.719. The van der Waals surface area contributed by atoms with Crippen LogP contribution in [0.4, 0.5) is 0 Å². The van der Waals surface area contributed by atoms with Gasteiger partial charge in [-0.2, -0.15) is 0 Å². The molecule has 3 nitrogen and oxygen atoms in total. The second kappa shape index (κ2) is 7.48. The summed E-state index contributed by atoms with van der Waals surface area (Å²) >= 11 is 6.86. The molecular weight excluding hydrogens is 364 g/mol. The maximum absolute atomic E-state index is 5.63. The van der Waals surface area contributed by atoms with Gasteiger partial charge in [-0.25, -0.2) is 0 Å². The lowest BCUT2D eigenvalue weighted by Crippen LogP contribution is -2.24. The summed E-state index contributed by atoms with van der Waals surface area (Å²) in [6, 6.07) is 5.83. The van der Waals surface area contributed by atoms with Gasteiger partial charge in [-0.15, -0.1) is 0 Å². The number of rotatable bonds is 5. The highest BCUT2D eigenvalue weighted by atomic mass is 79.9. The predicted octanol–water partition coefficient (Wildman–Crippen LogP) is 4.13. The van der Waals surface area contributed by atoms with Crippen molar-refractivity contribution in [2.45, 2.75) is 25.6 Å². The number of benzene rings is 1. The Bertz CT molecular complexity index is 378. The minimum absolute atomic E-state index is 0.0456. The van der Waals surface area contributed by atoms with E-state index >= 15 is 0 Å².